The zero-order chi connectivity index (χ0) is 19.0. The largest absolute Gasteiger partial charge is 0.403 e. The Morgan fingerprint density at radius 3 is 2.42 bits per heavy atom. The highest BCUT2D eigenvalue weighted by Gasteiger charge is 2.41. The summed E-state index contributed by atoms with van der Waals surface area (Å²) in [6, 6.07) is -1.39. The highest BCUT2D eigenvalue weighted by atomic mass is 19.4. The van der Waals surface area contributed by atoms with Gasteiger partial charge in [0.25, 0.3) is 0 Å². The van der Waals surface area contributed by atoms with Crippen LogP contribution in [0.4, 0.5) is 13.2 Å². The van der Waals surface area contributed by atoms with Crippen LogP contribution in [0.25, 0.3) is 0 Å². The molecule has 1 aliphatic heterocycles. The van der Waals surface area contributed by atoms with Crippen molar-refractivity contribution in [2.45, 2.75) is 64.3 Å². The molecule has 1 unspecified atom stereocenters. The molecule has 0 aromatic heterocycles. The molecular weight excluding hydrogens is 345 g/mol. The molecule has 0 amide bonds. The molecule has 2 aliphatic rings. The predicted octanol–water partition coefficient (Wildman–Crippen LogP) is 2.87. The maximum atomic E-state index is 12.9. The molecule has 26 heavy (non-hydrogen) atoms. The molecule has 0 aromatic rings. The molecule has 1 saturated carbocycles. The molecule has 0 spiro atoms. The number of rotatable bonds is 7. The second-order valence-corrected chi connectivity index (χ2v) is 7.11. The second-order valence-electron chi connectivity index (χ2n) is 7.11. The minimum Gasteiger partial charge on any atom is -0.378 e. The third-order valence-corrected chi connectivity index (χ3v) is 5.19. The summed E-state index contributed by atoms with van der Waals surface area (Å²) in [5, 5.41) is 3.25. The quantitative estimate of drug-likeness (QED) is 0.420. The van der Waals surface area contributed by atoms with Gasteiger partial charge in [-0.1, -0.05) is 12.8 Å². The van der Waals surface area contributed by atoms with Gasteiger partial charge in [0.15, 0.2) is 5.96 Å². The Hall–Kier alpha value is -1.02. The lowest BCUT2D eigenvalue weighted by Crippen LogP contribution is -2.56. The van der Waals surface area contributed by atoms with Gasteiger partial charge >= 0.3 is 6.18 Å². The summed E-state index contributed by atoms with van der Waals surface area (Å²) in [5.74, 6) is 0.799. The van der Waals surface area contributed by atoms with Crippen LogP contribution in [-0.2, 0) is 4.74 Å². The van der Waals surface area contributed by atoms with E-state index in [1.54, 1.807) is 0 Å². The van der Waals surface area contributed by atoms with Crippen molar-refractivity contribution in [1.82, 2.24) is 15.1 Å². The average molecular weight is 378 g/mol. The van der Waals surface area contributed by atoms with E-state index < -0.39 is 12.2 Å². The van der Waals surface area contributed by atoms with E-state index in [9.17, 15) is 13.2 Å². The predicted molar refractivity (Wildman–Crippen MR) is 97.5 cm³/mol. The van der Waals surface area contributed by atoms with E-state index in [-0.39, 0.29) is 0 Å². The number of hydrogen-bond donors (Lipinski definition) is 1. The number of hydrogen-bond acceptors (Lipinski definition) is 3. The van der Waals surface area contributed by atoms with Crippen LogP contribution >= 0.6 is 0 Å². The maximum Gasteiger partial charge on any atom is 0.403 e. The van der Waals surface area contributed by atoms with Gasteiger partial charge in [-0.3, -0.25) is 9.89 Å². The van der Waals surface area contributed by atoms with E-state index in [1.165, 1.54) is 37.5 Å². The minimum absolute atomic E-state index is 0.399. The fourth-order valence-corrected chi connectivity index (χ4v) is 3.51. The zero-order valence-corrected chi connectivity index (χ0v) is 16.0. The normalized spacial score (nSPS) is 22.0. The number of guanidine groups is 1. The molecule has 8 heteroatoms. The van der Waals surface area contributed by atoms with Crippen LogP contribution in [0.5, 0.6) is 0 Å². The van der Waals surface area contributed by atoms with E-state index in [0.717, 1.165) is 25.5 Å². The summed E-state index contributed by atoms with van der Waals surface area (Å²) in [7, 11) is 0. The lowest BCUT2D eigenvalue weighted by Gasteiger charge is -2.39. The van der Waals surface area contributed by atoms with Gasteiger partial charge in [-0.05, 0) is 33.1 Å². The van der Waals surface area contributed by atoms with Gasteiger partial charge in [-0.15, -0.1) is 0 Å². The molecule has 1 heterocycles. The zero-order valence-electron chi connectivity index (χ0n) is 16.0. The van der Waals surface area contributed by atoms with Crippen molar-refractivity contribution in [3.8, 4) is 0 Å². The molecule has 1 N–H and O–H groups in total. The van der Waals surface area contributed by atoms with Crippen LogP contribution < -0.4 is 5.32 Å². The first kappa shape index (κ1) is 21.3. The number of alkyl halides is 3. The van der Waals surface area contributed by atoms with Crippen molar-refractivity contribution in [2.75, 3.05) is 45.9 Å². The fraction of sp³-hybridized carbons (Fsp3) is 0.944. The molecule has 2 fully saturated rings. The highest BCUT2D eigenvalue weighted by molar-refractivity contribution is 5.80. The van der Waals surface area contributed by atoms with Gasteiger partial charge in [0.2, 0.25) is 0 Å². The van der Waals surface area contributed by atoms with Gasteiger partial charge in [-0.2, -0.15) is 13.2 Å². The van der Waals surface area contributed by atoms with E-state index in [0.29, 0.717) is 38.8 Å². The van der Waals surface area contributed by atoms with Crippen LogP contribution in [0.2, 0.25) is 0 Å². The third kappa shape index (κ3) is 6.61. The van der Waals surface area contributed by atoms with Gasteiger partial charge in [0.1, 0.15) is 6.04 Å². The molecule has 1 saturated heterocycles. The third-order valence-electron chi connectivity index (χ3n) is 5.19. The summed E-state index contributed by atoms with van der Waals surface area (Å²) < 4.78 is 44.4. The van der Waals surface area contributed by atoms with E-state index in [2.05, 4.69) is 15.2 Å². The molecule has 0 bridgehead atoms. The van der Waals surface area contributed by atoms with Gasteiger partial charge < -0.3 is 15.0 Å². The summed E-state index contributed by atoms with van der Waals surface area (Å²) in [5.41, 5.74) is 0. The number of piperazine rings is 1. The SMILES string of the molecule is CCNC(=NCCCOC1CCCC1)N1CCN(C(C)C(F)(F)F)CC1. The fourth-order valence-electron chi connectivity index (χ4n) is 3.51. The molecular formula is C18H33F3N4O. The molecule has 1 aliphatic carbocycles. The van der Waals surface area contributed by atoms with Gasteiger partial charge in [0.05, 0.1) is 6.10 Å². The lowest BCUT2D eigenvalue weighted by molar-refractivity contribution is -0.181. The Bertz CT molecular complexity index is 431. The number of nitrogens with zero attached hydrogens (tertiary/aromatic N) is 3. The molecule has 0 radical (unpaired) electrons. The van der Waals surface area contributed by atoms with Gasteiger partial charge in [-0.25, -0.2) is 0 Å². The second kappa shape index (κ2) is 10.3. The monoisotopic (exact) mass is 378 g/mol. The summed E-state index contributed by atoms with van der Waals surface area (Å²) >= 11 is 0. The van der Waals surface area contributed by atoms with Crippen molar-refractivity contribution in [3.63, 3.8) is 0 Å². The van der Waals surface area contributed by atoms with Crippen molar-refractivity contribution >= 4 is 5.96 Å². The summed E-state index contributed by atoms with van der Waals surface area (Å²) in [6.07, 6.45) is 2.02. The van der Waals surface area contributed by atoms with Gasteiger partial charge in [0, 0.05) is 45.9 Å². The van der Waals surface area contributed by atoms with Crippen LogP contribution in [0.1, 0.15) is 46.0 Å². The average Bonchev–Trinajstić information content (AvgIpc) is 3.13. The molecule has 2 rings (SSSR count). The standard InChI is InChI=1S/C18H33F3N4O/c1-3-22-17(23-9-6-14-26-16-7-4-5-8-16)25-12-10-24(11-13-25)15(2)18(19,20)21/h15-16H,3-14H2,1-2H3,(H,22,23). The first-order valence-electron chi connectivity index (χ1n) is 9.87. The van der Waals surface area contributed by atoms with Crippen molar-refractivity contribution in [1.29, 1.82) is 0 Å². The van der Waals surface area contributed by atoms with Crippen LogP contribution in [-0.4, -0.2) is 80.0 Å². The highest BCUT2D eigenvalue weighted by Crippen LogP contribution is 2.25. The Morgan fingerprint density at radius 1 is 1.19 bits per heavy atom. The topological polar surface area (TPSA) is 40.1 Å². The summed E-state index contributed by atoms with van der Waals surface area (Å²) in [6.45, 7) is 7.30. The van der Waals surface area contributed by atoms with Crippen LogP contribution in [0.15, 0.2) is 4.99 Å². The lowest BCUT2D eigenvalue weighted by atomic mass is 10.2. The number of aliphatic imine (C=N–C) groups is 1. The Kier molecular flexibility index (Phi) is 8.47. The van der Waals surface area contributed by atoms with Crippen molar-refractivity contribution in [3.05, 3.63) is 0 Å². The van der Waals surface area contributed by atoms with Crippen molar-refractivity contribution in [2.24, 2.45) is 4.99 Å². The van der Waals surface area contributed by atoms with E-state index in [1.807, 2.05) is 6.92 Å². The van der Waals surface area contributed by atoms with E-state index in [4.69, 9.17) is 4.74 Å². The van der Waals surface area contributed by atoms with Crippen LogP contribution in [0.3, 0.4) is 0 Å². The number of ether oxygens (including phenoxy) is 1. The Morgan fingerprint density at radius 2 is 1.85 bits per heavy atom. The summed E-state index contributed by atoms with van der Waals surface area (Å²) in [4.78, 5) is 8.18. The number of nitrogens with one attached hydrogen (secondary N) is 1. The molecule has 152 valence electrons. The van der Waals surface area contributed by atoms with E-state index >= 15 is 0 Å². The molecule has 1 atom stereocenters. The minimum atomic E-state index is -4.17. The number of halogens is 3. The van der Waals surface area contributed by atoms with Crippen LogP contribution in [0, 0.1) is 0 Å². The maximum absolute atomic E-state index is 12.9. The van der Waals surface area contributed by atoms with Crippen molar-refractivity contribution < 1.29 is 17.9 Å². The Labute approximate surface area is 155 Å². The first-order valence-corrected chi connectivity index (χ1v) is 9.87. The first-order chi connectivity index (χ1) is 12.4. The molecule has 0 aromatic carbocycles. The Balaban J connectivity index is 1.74. The molecule has 5 nitrogen and oxygen atoms in total. The smallest absolute Gasteiger partial charge is 0.378 e.